The molecule has 1 heterocycles. The Labute approximate surface area is 119 Å². The van der Waals surface area contributed by atoms with Crippen molar-refractivity contribution >= 4 is 23.6 Å². The third-order valence-corrected chi connectivity index (χ3v) is 4.59. The maximum Gasteiger partial charge on any atom is 0.303 e. The molecule has 1 amide bonds. The smallest absolute Gasteiger partial charge is 0.303 e. The molecule has 0 saturated carbocycles. The number of carboxylic acid groups (broad SMARTS) is 1. The Morgan fingerprint density at radius 3 is 2.47 bits per heavy atom. The summed E-state index contributed by atoms with van der Waals surface area (Å²) >= 11 is 1.97. The van der Waals surface area contributed by atoms with Gasteiger partial charge in [0.05, 0.1) is 0 Å². The molecule has 1 saturated heterocycles. The van der Waals surface area contributed by atoms with Crippen molar-refractivity contribution in [2.45, 2.75) is 52.0 Å². The molecule has 0 radical (unpaired) electrons. The van der Waals surface area contributed by atoms with Gasteiger partial charge in [-0.25, -0.2) is 0 Å². The number of carbonyl (C=O) groups is 2. The third-order valence-electron chi connectivity index (χ3n) is 3.54. The molecule has 4 nitrogen and oxygen atoms in total. The molecular formula is C14H25NO3S. The minimum Gasteiger partial charge on any atom is -0.481 e. The highest BCUT2D eigenvalue weighted by Gasteiger charge is 2.22. The van der Waals surface area contributed by atoms with E-state index in [0.717, 1.165) is 12.8 Å². The lowest BCUT2D eigenvalue weighted by molar-refractivity contribution is -0.139. The summed E-state index contributed by atoms with van der Waals surface area (Å²) in [5.74, 6) is 2.25. The van der Waals surface area contributed by atoms with Crippen molar-refractivity contribution in [3.63, 3.8) is 0 Å². The molecule has 0 spiro atoms. The number of nitrogens with zero attached hydrogens (tertiary/aromatic N) is 1. The molecule has 1 rings (SSSR count). The molecular weight excluding hydrogens is 262 g/mol. The molecule has 5 heteroatoms. The van der Waals surface area contributed by atoms with Gasteiger partial charge in [0.15, 0.2) is 0 Å². The van der Waals surface area contributed by atoms with Gasteiger partial charge < -0.3 is 10.0 Å². The van der Waals surface area contributed by atoms with E-state index in [0.29, 0.717) is 25.3 Å². The Morgan fingerprint density at radius 2 is 1.95 bits per heavy atom. The quantitative estimate of drug-likeness (QED) is 0.782. The zero-order valence-electron chi connectivity index (χ0n) is 11.9. The van der Waals surface area contributed by atoms with Gasteiger partial charge in [-0.15, -0.1) is 0 Å². The van der Waals surface area contributed by atoms with Crippen molar-refractivity contribution in [3.8, 4) is 0 Å². The van der Waals surface area contributed by atoms with Crippen molar-refractivity contribution in [2.24, 2.45) is 5.92 Å². The first-order valence-electron chi connectivity index (χ1n) is 7.09. The average Bonchev–Trinajstić information content (AvgIpc) is 2.35. The number of carbonyl (C=O) groups excluding carboxylic acids is 1. The lowest BCUT2D eigenvalue weighted by Crippen LogP contribution is -2.39. The van der Waals surface area contributed by atoms with E-state index >= 15 is 0 Å². The van der Waals surface area contributed by atoms with Crippen LogP contribution in [-0.2, 0) is 9.59 Å². The highest BCUT2D eigenvalue weighted by Crippen LogP contribution is 2.26. The molecule has 0 atom stereocenters. The van der Waals surface area contributed by atoms with Crippen LogP contribution in [0, 0.1) is 5.92 Å². The molecule has 0 aromatic rings. The standard InChI is InChI=1S/C14H25NO3S/c1-11(2)15(7-3-4-14(17)18)13(16)10-12-5-8-19-9-6-12/h11-12H,3-10H2,1-2H3,(H,17,18). The van der Waals surface area contributed by atoms with Crippen LogP contribution in [0.15, 0.2) is 0 Å². The van der Waals surface area contributed by atoms with Crippen molar-refractivity contribution < 1.29 is 14.7 Å². The molecule has 0 bridgehead atoms. The fourth-order valence-corrected chi connectivity index (χ4v) is 3.59. The summed E-state index contributed by atoms with van der Waals surface area (Å²) in [5, 5.41) is 8.66. The highest BCUT2D eigenvalue weighted by atomic mass is 32.2. The molecule has 1 aliphatic rings. The highest BCUT2D eigenvalue weighted by molar-refractivity contribution is 7.99. The third kappa shape index (κ3) is 6.32. The summed E-state index contributed by atoms with van der Waals surface area (Å²) in [6.45, 7) is 4.55. The van der Waals surface area contributed by atoms with E-state index in [2.05, 4.69) is 0 Å². The summed E-state index contributed by atoms with van der Waals surface area (Å²) in [6, 6.07) is 0.152. The van der Waals surface area contributed by atoms with Crippen LogP contribution in [0.1, 0.15) is 46.0 Å². The van der Waals surface area contributed by atoms with E-state index in [1.54, 1.807) is 0 Å². The number of rotatable bonds is 7. The average molecular weight is 287 g/mol. The molecule has 19 heavy (non-hydrogen) atoms. The first-order chi connectivity index (χ1) is 9.00. The van der Waals surface area contributed by atoms with Crippen molar-refractivity contribution in [2.75, 3.05) is 18.1 Å². The van der Waals surface area contributed by atoms with Crippen LogP contribution >= 0.6 is 11.8 Å². The Balaban J connectivity index is 2.40. The van der Waals surface area contributed by atoms with Crippen LogP contribution < -0.4 is 0 Å². The second-order valence-electron chi connectivity index (χ2n) is 5.44. The van der Waals surface area contributed by atoms with Crippen LogP contribution in [0.2, 0.25) is 0 Å². The summed E-state index contributed by atoms with van der Waals surface area (Å²) in [6.07, 6.45) is 3.58. The van der Waals surface area contributed by atoms with Crippen LogP contribution in [0.3, 0.4) is 0 Å². The van der Waals surface area contributed by atoms with Gasteiger partial charge in [-0.3, -0.25) is 9.59 Å². The monoisotopic (exact) mass is 287 g/mol. The first-order valence-corrected chi connectivity index (χ1v) is 8.25. The lowest BCUT2D eigenvalue weighted by atomic mass is 9.97. The zero-order chi connectivity index (χ0) is 14.3. The minimum absolute atomic E-state index is 0.135. The number of hydrogen-bond donors (Lipinski definition) is 1. The molecule has 1 fully saturated rings. The van der Waals surface area contributed by atoms with E-state index in [4.69, 9.17) is 5.11 Å². The summed E-state index contributed by atoms with van der Waals surface area (Å²) < 4.78 is 0. The van der Waals surface area contributed by atoms with E-state index in [9.17, 15) is 9.59 Å². The van der Waals surface area contributed by atoms with Gasteiger partial charge in [-0.1, -0.05) is 0 Å². The van der Waals surface area contributed by atoms with Crippen LogP contribution in [0.25, 0.3) is 0 Å². The Kier molecular flexibility index (Phi) is 7.28. The van der Waals surface area contributed by atoms with E-state index in [1.165, 1.54) is 11.5 Å². The number of amides is 1. The van der Waals surface area contributed by atoms with E-state index < -0.39 is 5.97 Å². The largest absolute Gasteiger partial charge is 0.481 e. The van der Waals surface area contributed by atoms with Crippen molar-refractivity contribution in [3.05, 3.63) is 0 Å². The first kappa shape index (κ1) is 16.3. The van der Waals surface area contributed by atoms with Gasteiger partial charge in [-0.05, 0) is 50.5 Å². The van der Waals surface area contributed by atoms with E-state index in [1.807, 2.05) is 30.5 Å². The van der Waals surface area contributed by atoms with Gasteiger partial charge in [-0.2, -0.15) is 11.8 Å². The molecule has 1 N–H and O–H groups in total. The molecule has 0 aromatic heterocycles. The number of carboxylic acids is 1. The normalized spacial score (nSPS) is 16.6. The van der Waals surface area contributed by atoms with Crippen molar-refractivity contribution in [1.82, 2.24) is 4.90 Å². The van der Waals surface area contributed by atoms with Gasteiger partial charge in [0.2, 0.25) is 5.91 Å². The Hall–Kier alpha value is -0.710. The van der Waals surface area contributed by atoms with Gasteiger partial charge in [0, 0.05) is 25.4 Å². The van der Waals surface area contributed by atoms with Crippen LogP contribution in [-0.4, -0.2) is 46.0 Å². The van der Waals surface area contributed by atoms with Gasteiger partial charge >= 0.3 is 5.97 Å². The maximum absolute atomic E-state index is 12.3. The second-order valence-corrected chi connectivity index (χ2v) is 6.66. The van der Waals surface area contributed by atoms with Crippen LogP contribution in [0.4, 0.5) is 0 Å². The SMILES string of the molecule is CC(C)N(CCCC(=O)O)C(=O)CC1CCSCC1. The Bertz CT molecular complexity index is 301. The lowest BCUT2D eigenvalue weighted by Gasteiger charge is -2.29. The number of thioether (sulfide) groups is 1. The molecule has 0 aliphatic carbocycles. The van der Waals surface area contributed by atoms with Crippen LogP contribution in [0.5, 0.6) is 0 Å². The molecule has 0 aromatic carbocycles. The van der Waals surface area contributed by atoms with Crippen molar-refractivity contribution in [1.29, 1.82) is 0 Å². The predicted molar refractivity (Wildman–Crippen MR) is 78.4 cm³/mol. The zero-order valence-corrected chi connectivity index (χ0v) is 12.7. The molecule has 110 valence electrons. The topological polar surface area (TPSA) is 57.6 Å². The number of aliphatic carboxylic acids is 1. The fourth-order valence-electron chi connectivity index (χ4n) is 2.39. The van der Waals surface area contributed by atoms with E-state index in [-0.39, 0.29) is 18.4 Å². The number of hydrogen-bond acceptors (Lipinski definition) is 3. The molecule has 1 aliphatic heterocycles. The Morgan fingerprint density at radius 1 is 1.32 bits per heavy atom. The van der Waals surface area contributed by atoms with Gasteiger partial charge in [0.25, 0.3) is 0 Å². The second kappa shape index (κ2) is 8.46. The predicted octanol–water partition coefficient (Wildman–Crippen LogP) is 2.62. The summed E-state index contributed by atoms with van der Waals surface area (Å²) in [5.41, 5.74) is 0. The summed E-state index contributed by atoms with van der Waals surface area (Å²) in [7, 11) is 0. The minimum atomic E-state index is -0.791. The molecule has 0 unspecified atom stereocenters. The van der Waals surface area contributed by atoms with Gasteiger partial charge in [0.1, 0.15) is 0 Å². The summed E-state index contributed by atoms with van der Waals surface area (Å²) in [4.78, 5) is 24.7. The maximum atomic E-state index is 12.3. The fraction of sp³-hybridized carbons (Fsp3) is 0.857.